The molecular weight excluding hydrogens is 454 g/mol. The number of carbonyl (C=O) groups is 1. The van der Waals surface area contributed by atoms with Gasteiger partial charge in [0.25, 0.3) is 0 Å². The number of rotatable bonds is 9. The van der Waals surface area contributed by atoms with E-state index in [0.29, 0.717) is 11.0 Å². The molecule has 0 bridgehead atoms. The molecule has 2 aromatic rings. The highest BCUT2D eigenvalue weighted by molar-refractivity contribution is 9.10. The molecule has 0 aliphatic carbocycles. The van der Waals surface area contributed by atoms with E-state index in [4.69, 9.17) is 0 Å². The Morgan fingerprint density at radius 2 is 1.79 bits per heavy atom. The summed E-state index contributed by atoms with van der Waals surface area (Å²) in [5.41, 5.74) is 1.19. The predicted molar refractivity (Wildman–Crippen MR) is 117 cm³/mol. The summed E-state index contributed by atoms with van der Waals surface area (Å²) in [5.74, 6) is -0.165. The maximum atomic E-state index is 12.3. The van der Waals surface area contributed by atoms with Crippen molar-refractivity contribution in [1.29, 1.82) is 0 Å². The highest BCUT2D eigenvalue weighted by Gasteiger charge is 2.23. The van der Waals surface area contributed by atoms with Crippen LogP contribution in [0.25, 0.3) is 0 Å². The van der Waals surface area contributed by atoms with Crippen molar-refractivity contribution in [2.75, 3.05) is 26.2 Å². The number of likely N-dealkylation sites (tertiary alicyclic amines) is 1. The van der Waals surface area contributed by atoms with Crippen LogP contribution in [0.15, 0.2) is 64.0 Å². The molecule has 1 saturated heterocycles. The van der Waals surface area contributed by atoms with Crippen LogP contribution < -0.4 is 10.0 Å². The standard InChI is InChI=1S/C21H26BrN3O3S/c22-18-9-6-10-19(15-18)29(27,28)24-12-11-21(26)23-16-20(25-13-4-5-14-25)17-7-2-1-3-8-17/h1-3,6-10,15,20,24H,4-5,11-14,16H2,(H,23,26). The first kappa shape index (κ1) is 22.0. The van der Waals surface area contributed by atoms with Crippen LogP contribution >= 0.6 is 15.9 Å². The van der Waals surface area contributed by atoms with Gasteiger partial charge in [-0.15, -0.1) is 0 Å². The fourth-order valence-corrected chi connectivity index (χ4v) is 5.13. The van der Waals surface area contributed by atoms with E-state index < -0.39 is 10.0 Å². The van der Waals surface area contributed by atoms with Crippen molar-refractivity contribution >= 4 is 31.9 Å². The van der Waals surface area contributed by atoms with Crippen LogP contribution in [0.5, 0.6) is 0 Å². The van der Waals surface area contributed by atoms with Gasteiger partial charge in [-0.25, -0.2) is 13.1 Å². The zero-order valence-electron chi connectivity index (χ0n) is 16.2. The van der Waals surface area contributed by atoms with Gasteiger partial charge in [-0.05, 0) is 49.7 Å². The number of carbonyl (C=O) groups excluding carboxylic acids is 1. The number of amides is 1. The summed E-state index contributed by atoms with van der Waals surface area (Å²) >= 11 is 3.27. The minimum atomic E-state index is -3.63. The van der Waals surface area contributed by atoms with E-state index in [-0.39, 0.29) is 29.8 Å². The summed E-state index contributed by atoms with van der Waals surface area (Å²) < 4.78 is 27.8. The second kappa shape index (κ2) is 10.3. The first-order valence-corrected chi connectivity index (χ1v) is 12.0. The third-order valence-electron chi connectivity index (χ3n) is 5.01. The molecule has 29 heavy (non-hydrogen) atoms. The van der Waals surface area contributed by atoms with Gasteiger partial charge in [0, 0.05) is 24.0 Å². The number of halogens is 1. The molecule has 6 nitrogen and oxygen atoms in total. The highest BCUT2D eigenvalue weighted by Crippen LogP contribution is 2.24. The SMILES string of the molecule is O=C(CCNS(=O)(=O)c1cccc(Br)c1)NCC(c1ccccc1)N1CCCC1. The van der Waals surface area contributed by atoms with Crippen molar-refractivity contribution < 1.29 is 13.2 Å². The third-order valence-corrected chi connectivity index (χ3v) is 6.96. The van der Waals surface area contributed by atoms with Gasteiger partial charge < -0.3 is 5.32 Å². The monoisotopic (exact) mass is 479 g/mol. The van der Waals surface area contributed by atoms with Crippen molar-refractivity contribution in [2.45, 2.75) is 30.2 Å². The second-order valence-electron chi connectivity index (χ2n) is 7.08. The van der Waals surface area contributed by atoms with E-state index in [1.807, 2.05) is 18.2 Å². The third kappa shape index (κ3) is 6.37. The predicted octanol–water partition coefficient (Wildman–Crippen LogP) is 3.07. The molecular formula is C21H26BrN3O3S. The van der Waals surface area contributed by atoms with Gasteiger partial charge in [-0.2, -0.15) is 0 Å². The Bertz CT molecular complexity index is 916. The van der Waals surface area contributed by atoms with E-state index >= 15 is 0 Å². The van der Waals surface area contributed by atoms with Gasteiger partial charge in [0.05, 0.1) is 10.9 Å². The number of hydrogen-bond donors (Lipinski definition) is 2. The van der Waals surface area contributed by atoms with E-state index in [0.717, 1.165) is 13.1 Å². The molecule has 1 aliphatic heterocycles. The molecule has 0 spiro atoms. The minimum absolute atomic E-state index is 0.0560. The van der Waals surface area contributed by atoms with E-state index in [2.05, 4.69) is 43.0 Å². The first-order valence-electron chi connectivity index (χ1n) is 9.76. The lowest BCUT2D eigenvalue weighted by Crippen LogP contribution is -2.38. The Kier molecular flexibility index (Phi) is 7.83. The van der Waals surface area contributed by atoms with Gasteiger partial charge >= 0.3 is 0 Å². The smallest absolute Gasteiger partial charge is 0.240 e. The first-order chi connectivity index (χ1) is 14.0. The van der Waals surface area contributed by atoms with Crippen LogP contribution in [-0.4, -0.2) is 45.4 Å². The summed E-state index contributed by atoms with van der Waals surface area (Å²) in [4.78, 5) is 14.9. The average Bonchev–Trinajstić information content (AvgIpc) is 3.23. The van der Waals surface area contributed by atoms with Crippen molar-refractivity contribution in [3.05, 3.63) is 64.6 Å². The van der Waals surface area contributed by atoms with Crippen LogP contribution in [0.2, 0.25) is 0 Å². The summed E-state index contributed by atoms with van der Waals surface area (Å²) in [6, 6.07) is 16.8. The van der Waals surface area contributed by atoms with Crippen LogP contribution in [0.4, 0.5) is 0 Å². The van der Waals surface area contributed by atoms with Crippen molar-refractivity contribution in [3.63, 3.8) is 0 Å². The topological polar surface area (TPSA) is 78.5 Å². The maximum Gasteiger partial charge on any atom is 0.240 e. The van der Waals surface area contributed by atoms with Crippen molar-refractivity contribution in [1.82, 2.24) is 14.9 Å². The van der Waals surface area contributed by atoms with Gasteiger partial charge in [0.2, 0.25) is 15.9 Å². The Morgan fingerprint density at radius 3 is 2.48 bits per heavy atom. The molecule has 1 amide bonds. The lowest BCUT2D eigenvalue weighted by atomic mass is 10.1. The van der Waals surface area contributed by atoms with Crippen LogP contribution in [0, 0.1) is 0 Å². The normalized spacial score (nSPS) is 15.9. The largest absolute Gasteiger partial charge is 0.354 e. The summed E-state index contributed by atoms with van der Waals surface area (Å²) in [7, 11) is -3.63. The Labute approximate surface area is 180 Å². The number of hydrogen-bond acceptors (Lipinski definition) is 4. The molecule has 0 aromatic heterocycles. The van der Waals surface area contributed by atoms with Gasteiger partial charge in [0.1, 0.15) is 0 Å². The van der Waals surface area contributed by atoms with Crippen LogP contribution in [0.3, 0.4) is 0 Å². The zero-order valence-corrected chi connectivity index (χ0v) is 18.6. The Morgan fingerprint density at radius 1 is 1.07 bits per heavy atom. The molecule has 3 rings (SSSR count). The molecule has 1 heterocycles. The molecule has 2 aromatic carbocycles. The second-order valence-corrected chi connectivity index (χ2v) is 9.76. The summed E-state index contributed by atoms with van der Waals surface area (Å²) in [6.07, 6.45) is 2.44. The molecule has 0 saturated carbocycles. The number of sulfonamides is 1. The number of nitrogens with one attached hydrogen (secondary N) is 2. The van der Waals surface area contributed by atoms with Gasteiger partial charge in [0.15, 0.2) is 0 Å². The number of benzene rings is 2. The van der Waals surface area contributed by atoms with Crippen LogP contribution in [-0.2, 0) is 14.8 Å². The lowest BCUT2D eigenvalue weighted by molar-refractivity contribution is -0.121. The molecule has 156 valence electrons. The average molecular weight is 480 g/mol. The summed E-state index contributed by atoms with van der Waals surface area (Å²) in [5, 5.41) is 2.97. The number of nitrogens with zero attached hydrogens (tertiary/aromatic N) is 1. The Balaban J connectivity index is 1.50. The molecule has 2 N–H and O–H groups in total. The van der Waals surface area contributed by atoms with E-state index in [1.54, 1.807) is 12.1 Å². The van der Waals surface area contributed by atoms with E-state index in [9.17, 15) is 13.2 Å². The zero-order chi connectivity index (χ0) is 20.7. The molecule has 0 radical (unpaired) electrons. The van der Waals surface area contributed by atoms with E-state index in [1.165, 1.54) is 30.5 Å². The minimum Gasteiger partial charge on any atom is -0.354 e. The lowest BCUT2D eigenvalue weighted by Gasteiger charge is -2.28. The Hall–Kier alpha value is -1.74. The molecule has 1 unspecified atom stereocenters. The van der Waals surface area contributed by atoms with Gasteiger partial charge in [-0.1, -0.05) is 52.3 Å². The van der Waals surface area contributed by atoms with Crippen LogP contribution in [0.1, 0.15) is 30.9 Å². The van der Waals surface area contributed by atoms with Crippen molar-refractivity contribution in [3.8, 4) is 0 Å². The maximum absolute atomic E-state index is 12.3. The molecule has 1 aliphatic rings. The molecule has 1 atom stereocenters. The highest BCUT2D eigenvalue weighted by atomic mass is 79.9. The fraction of sp³-hybridized carbons (Fsp3) is 0.381. The van der Waals surface area contributed by atoms with Crippen molar-refractivity contribution in [2.24, 2.45) is 0 Å². The summed E-state index contributed by atoms with van der Waals surface area (Å²) in [6.45, 7) is 2.63. The van der Waals surface area contributed by atoms with Gasteiger partial charge in [-0.3, -0.25) is 9.69 Å². The molecule has 8 heteroatoms. The fourth-order valence-electron chi connectivity index (χ4n) is 3.50. The molecule has 1 fully saturated rings. The quantitative estimate of drug-likeness (QED) is 0.579.